The van der Waals surface area contributed by atoms with E-state index in [9.17, 15) is 4.79 Å². The minimum atomic E-state index is -0.280. The van der Waals surface area contributed by atoms with Crippen LogP contribution in [-0.2, 0) is 9.53 Å². The Balaban J connectivity index is 0.00000225. The molecule has 0 bridgehead atoms. The summed E-state index contributed by atoms with van der Waals surface area (Å²) in [5, 5.41) is 3.16. The molecular formula is C22H30N2O3. The van der Waals surface area contributed by atoms with Gasteiger partial charge in [-0.15, -0.1) is 0 Å². The van der Waals surface area contributed by atoms with Crippen LogP contribution in [0.5, 0.6) is 5.75 Å². The van der Waals surface area contributed by atoms with Gasteiger partial charge in [-0.25, -0.2) is 0 Å². The minimum Gasteiger partial charge on any atom is -0.497 e. The van der Waals surface area contributed by atoms with Gasteiger partial charge in [-0.2, -0.15) is 0 Å². The van der Waals surface area contributed by atoms with Crippen LogP contribution in [0.3, 0.4) is 0 Å². The van der Waals surface area contributed by atoms with Crippen LogP contribution in [0, 0.1) is 17.8 Å². The maximum Gasteiger partial charge on any atom is 0.245 e. The van der Waals surface area contributed by atoms with E-state index in [4.69, 9.17) is 9.47 Å². The molecule has 5 atom stereocenters. The predicted octanol–water partition coefficient (Wildman–Crippen LogP) is 3.16. The van der Waals surface area contributed by atoms with Gasteiger partial charge in [0.25, 0.3) is 0 Å². The molecule has 0 radical (unpaired) electrons. The second-order valence-corrected chi connectivity index (χ2v) is 7.73. The van der Waals surface area contributed by atoms with Crippen molar-refractivity contribution in [1.82, 2.24) is 10.2 Å². The van der Waals surface area contributed by atoms with Crippen LogP contribution in [0.1, 0.15) is 26.9 Å². The SMILES string of the molecule is COc1cccc([C@@H](C)NC(=O)C2COCCN2C2=CC=CC3C(C)C23)c1.[HH]. The minimum absolute atomic E-state index is 0. The number of nitrogens with one attached hydrogen (secondary N) is 1. The normalized spacial score (nSPS) is 30.2. The van der Waals surface area contributed by atoms with Crippen molar-refractivity contribution in [3.05, 3.63) is 53.8 Å². The van der Waals surface area contributed by atoms with E-state index in [0.717, 1.165) is 17.9 Å². The average molecular weight is 370 g/mol. The lowest BCUT2D eigenvalue weighted by atomic mass is 10.0. The third-order valence-electron chi connectivity index (χ3n) is 6.10. The molecule has 1 heterocycles. The van der Waals surface area contributed by atoms with Crippen molar-refractivity contribution in [2.45, 2.75) is 25.9 Å². The van der Waals surface area contributed by atoms with Crippen LogP contribution >= 0.6 is 0 Å². The third-order valence-corrected chi connectivity index (χ3v) is 6.10. The number of hydrogen-bond donors (Lipinski definition) is 1. The van der Waals surface area contributed by atoms with Gasteiger partial charge >= 0.3 is 0 Å². The fraction of sp³-hybridized carbons (Fsp3) is 0.500. The standard InChI is InChI=1S/C22H28N2O3.H2/c1-14-18-8-5-9-19(21(14)18)24-10-11-27-13-20(24)22(25)23-15(2)16-6-4-7-17(12-16)26-3;/h4-9,12,14-15,18,20-21H,10-11,13H2,1-3H3,(H,23,25);1H/t14?,15-,18?,20?,21?;/m1./s1. The summed E-state index contributed by atoms with van der Waals surface area (Å²) in [7, 11) is 1.65. The van der Waals surface area contributed by atoms with Gasteiger partial charge in [0.15, 0.2) is 0 Å². The summed E-state index contributed by atoms with van der Waals surface area (Å²) >= 11 is 0. The summed E-state index contributed by atoms with van der Waals surface area (Å²) < 4.78 is 11.0. The molecule has 5 heteroatoms. The Labute approximate surface area is 162 Å². The van der Waals surface area contributed by atoms with Crippen LogP contribution in [0.25, 0.3) is 0 Å². The van der Waals surface area contributed by atoms with Crippen LogP contribution in [0.2, 0.25) is 0 Å². The number of benzene rings is 1. The van der Waals surface area contributed by atoms with Gasteiger partial charge in [0, 0.05) is 19.6 Å². The summed E-state index contributed by atoms with van der Waals surface area (Å²) in [4.78, 5) is 15.3. The van der Waals surface area contributed by atoms with Crippen LogP contribution in [0.15, 0.2) is 48.2 Å². The molecule has 146 valence electrons. The maximum atomic E-state index is 13.1. The molecule has 5 nitrogen and oxygen atoms in total. The van der Waals surface area contributed by atoms with E-state index >= 15 is 0 Å². The third kappa shape index (κ3) is 3.48. The Hall–Kier alpha value is -2.27. The van der Waals surface area contributed by atoms with E-state index in [2.05, 4.69) is 35.4 Å². The van der Waals surface area contributed by atoms with Crippen LogP contribution < -0.4 is 10.1 Å². The molecule has 4 unspecified atom stereocenters. The van der Waals surface area contributed by atoms with E-state index in [1.165, 1.54) is 5.70 Å². The predicted molar refractivity (Wildman–Crippen MR) is 106 cm³/mol. The summed E-state index contributed by atoms with van der Waals surface area (Å²) in [5.74, 6) is 2.66. The largest absolute Gasteiger partial charge is 0.497 e. The highest BCUT2D eigenvalue weighted by Crippen LogP contribution is 2.54. The highest BCUT2D eigenvalue weighted by Gasteiger charge is 2.51. The molecule has 4 rings (SSSR count). The zero-order chi connectivity index (χ0) is 19.0. The number of carbonyl (C=O) groups excluding carboxylic acids is 1. The first-order valence-corrected chi connectivity index (χ1v) is 9.77. The van der Waals surface area contributed by atoms with Gasteiger partial charge in [0.05, 0.1) is 26.4 Å². The van der Waals surface area contributed by atoms with Gasteiger partial charge in [0.1, 0.15) is 11.8 Å². The molecule has 1 amide bonds. The number of rotatable bonds is 5. The monoisotopic (exact) mass is 370 g/mol. The van der Waals surface area contributed by atoms with Gasteiger partial charge in [-0.05, 0) is 42.5 Å². The lowest BCUT2D eigenvalue weighted by molar-refractivity contribution is -0.131. The Morgan fingerprint density at radius 2 is 2.30 bits per heavy atom. The number of fused-ring (bicyclic) bond motifs is 1. The average Bonchev–Trinajstić information content (AvgIpc) is 3.38. The van der Waals surface area contributed by atoms with Gasteiger partial charge in [0.2, 0.25) is 5.91 Å². The number of methoxy groups -OCH3 is 1. The molecule has 1 N–H and O–H groups in total. The topological polar surface area (TPSA) is 50.8 Å². The summed E-state index contributed by atoms with van der Waals surface area (Å²) in [6.45, 7) is 6.16. The van der Waals surface area contributed by atoms with E-state index in [-0.39, 0.29) is 19.4 Å². The van der Waals surface area contributed by atoms with Crippen molar-refractivity contribution in [2.75, 3.05) is 26.9 Å². The summed E-state index contributed by atoms with van der Waals surface area (Å²) in [5.41, 5.74) is 2.33. The molecule has 1 saturated heterocycles. The molecule has 27 heavy (non-hydrogen) atoms. The number of morpholine rings is 1. The molecule has 0 aromatic heterocycles. The Morgan fingerprint density at radius 3 is 3.11 bits per heavy atom. The summed E-state index contributed by atoms with van der Waals surface area (Å²) in [6, 6.07) is 7.45. The van der Waals surface area contributed by atoms with Crippen molar-refractivity contribution in [2.24, 2.45) is 17.8 Å². The zero-order valence-corrected chi connectivity index (χ0v) is 16.2. The highest BCUT2D eigenvalue weighted by molar-refractivity contribution is 5.82. The van der Waals surface area contributed by atoms with E-state index in [1.807, 2.05) is 31.2 Å². The van der Waals surface area contributed by atoms with Gasteiger partial charge < -0.3 is 19.7 Å². The zero-order valence-electron chi connectivity index (χ0n) is 16.2. The number of ether oxygens (including phenoxy) is 2. The van der Waals surface area contributed by atoms with Crippen molar-refractivity contribution < 1.29 is 15.7 Å². The quantitative estimate of drug-likeness (QED) is 0.865. The first-order valence-electron chi connectivity index (χ1n) is 9.77. The molecule has 0 spiro atoms. The fourth-order valence-corrected chi connectivity index (χ4v) is 4.37. The second kappa shape index (κ2) is 7.39. The lowest BCUT2D eigenvalue weighted by Gasteiger charge is -2.39. The van der Waals surface area contributed by atoms with Crippen molar-refractivity contribution >= 4 is 5.91 Å². The number of amides is 1. The van der Waals surface area contributed by atoms with Crippen molar-refractivity contribution in [3.8, 4) is 5.75 Å². The first kappa shape index (κ1) is 18.1. The molecule has 1 saturated carbocycles. The van der Waals surface area contributed by atoms with E-state index in [1.54, 1.807) is 7.11 Å². The Kier molecular flexibility index (Phi) is 4.96. The summed E-state index contributed by atoms with van der Waals surface area (Å²) in [6.07, 6.45) is 6.62. The van der Waals surface area contributed by atoms with Gasteiger partial charge in [-0.1, -0.05) is 31.2 Å². The van der Waals surface area contributed by atoms with Crippen LogP contribution in [-0.4, -0.2) is 43.7 Å². The molecule has 1 aliphatic heterocycles. The molecule has 2 aliphatic carbocycles. The molecular weight excluding hydrogens is 340 g/mol. The van der Waals surface area contributed by atoms with Gasteiger partial charge in [-0.3, -0.25) is 4.79 Å². The number of carbonyl (C=O) groups is 1. The molecule has 1 aromatic rings. The van der Waals surface area contributed by atoms with E-state index < -0.39 is 0 Å². The first-order chi connectivity index (χ1) is 13.1. The number of allylic oxidation sites excluding steroid dienone is 4. The number of hydrogen-bond acceptors (Lipinski definition) is 4. The Morgan fingerprint density at radius 1 is 1.44 bits per heavy atom. The fourth-order valence-electron chi connectivity index (χ4n) is 4.37. The molecule has 3 aliphatic rings. The van der Waals surface area contributed by atoms with E-state index in [0.29, 0.717) is 31.0 Å². The van der Waals surface area contributed by atoms with Crippen molar-refractivity contribution in [1.29, 1.82) is 0 Å². The van der Waals surface area contributed by atoms with Crippen LogP contribution in [0.4, 0.5) is 0 Å². The second-order valence-electron chi connectivity index (χ2n) is 7.73. The highest BCUT2D eigenvalue weighted by atomic mass is 16.5. The molecule has 1 aromatic carbocycles. The van der Waals surface area contributed by atoms with Crippen molar-refractivity contribution in [3.63, 3.8) is 0 Å². The molecule has 2 fully saturated rings. The Bertz CT molecular complexity index is 779. The smallest absolute Gasteiger partial charge is 0.245 e. The number of nitrogens with zero attached hydrogens (tertiary/aromatic N) is 1. The maximum absolute atomic E-state index is 13.1. The lowest BCUT2D eigenvalue weighted by Crippen LogP contribution is -2.54.